The molecule has 19 heavy (non-hydrogen) atoms. The molecule has 0 aliphatic heterocycles. The smallest absolute Gasteiger partial charge is 0.244 e. The predicted octanol–water partition coefficient (Wildman–Crippen LogP) is 1.43. The molecule has 1 rings (SSSR count). The first kappa shape index (κ1) is 16.2. The van der Waals surface area contributed by atoms with Crippen molar-refractivity contribution in [3.05, 3.63) is 17.3 Å². The third-order valence-electron chi connectivity index (χ3n) is 2.76. The molecule has 0 aromatic carbocycles. The lowest BCUT2D eigenvalue weighted by Crippen LogP contribution is -2.37. The van der Waals surface area contributed by atoms with Gasteiger partial charge in [0.2, 0.25) is 10.0 Å². The summed E-state index contributed by atoms with van der Waals surface area (Å²) in [6.45, 7) is 2.07. The lowest BCUT2D eigenvalue weighted by molar-refractivity contribution is 0.149. The predicted molar refractivity (Wildman–Crippen MR) is 75.1 cm³/mol. The van der Waals surface area contributed by atoms with Gasteiger partial charge < -0.3 is 10.1 Å². The van der Waals surface area contributed by atoms with Crippen LogP contribution in [-0.2, 0) is 14.8 Å². The third-order valence-corrected chi connectivity index (χ3v) is 4.98. The molecule has 1 aromatic rings. The van der Waals surface area contributed by atoms with Crippen LogP contribution in [0.15, 0.2) is 17.2 Å². The van der Waals surface area contributed by atoms with Gasteiger partial charge >= 0.3 is 0 Å². The summed E-state index contributed by atoms with van der Waals surface area (Å²) in [7, 11) is 1.06. The first-order valence-electron chi connectivity index (χ1n) is 5.64. The molecule has 0 radical (unpaired) electrons. The topological polar surface area (TPSA) is 71.5 Å². The highest BCUT2D eigenvalue weighted by molar-refractivity contribution is 7.89. The van der Waals surface area contributed by atoms with E-state index in [4.69, 9.17) is 16.3 Å². The van der Waals surface area contributed by atoms with Crippen LogP contribution in [0.3, 0.4) is 0 Å². The fourth-order valence-corrected chi connectivity index (χ4v) is 3.14. The van der Waals surface area contributed by atoms with Crippen molar-refractivity contribution in [2.75, 3.05) is 33.1 Å². The van der Waals surface area contributed by atoms with Gasteiger partial charge in [-0.2, -0.15) is 4.31 Å². The summed E-state index contributed by atoms with van der Waals surface area (Å²) in [4.78, 5) is 4.03. The second-order valence-electron chi connectivity index (χ2n) is 4.08. The SMILES string of the molecule is CNc1ncc(S(=O)(=O)N(C)C(C)COC)cc1Cl. The minimum absolute atomic E-state index is 0.0574. The van der Waals surface area contributed by atoms with Gasteiger partial charge in [0, 0.05) is 33.4 Å². The standard InChI is InChI=1S/C11H18ClN3O3S/c1-8(7-18-4)15(3)19(16,17)9-5-10(12)11(13-2)14-6-9/h5-6,8H,7H2,1-4H3,(H,13,14). The van der Waals surface area contributed by atoms with Crippen LogP contribution >= 0.6 is 11.6 Å². The highest BCUT2D eigenvalue weighted by Crippen LogP contribution is 2.24. The molecular weight excluding hydrogens is 290 g/mol. The maximum Gasteiger partial charge on any atom is 0.244 e. The summed E-state index contributed by atoms with van der Waals surface area (Å²) in [6, 6.07) is 1.10. The van der Waals surface area contributed by atoms with Crippen LogP contribution in [-0.4, -0.2) is 51.6 Å². The normalized spacial score (nSPS) is 13.6. The van der Waals surface area contributed by atoms with E-state index in [0.717, 1.165) is 0 Å². The van der Waals surface area contributed by atoms with Gasteiger partial charge in [-0.25, -0.2) is 13.4 Å². The van der Waals surface area contributed by atoms with Crippen LogP contribution in [0.4, 0.5) is 5.82 Å². The second kappa shape index (κ2) is 6.51. The van der Waals surface area contributed by atoms with Crippen molar-refractivity contribution in [3.8, 4) is 0 Å². The Bertz CT molecular complexity index is 536. The van der Waals surface area contributed by atoms with E-state index in [1.165, 1.54) is 30.7 Å². The molecule has 1 N–H and O–H groups in total. The van der Waals surface area contributed by atoms with E-state index in [9.17, 15) is 8.42 Å². The van der Waals surface area contributed by atoms with Gasteiger partial charge in [-0.05, 0) is 13.0 Å². The zero-order valence-electron chi connectivity index (χ0n) is 11.3. The molecule has 0 fully saturated rings. The lowest BCUT2D eigenvalue weighted by atomic mass is 10.4. The molecule has 0 bridgehead atoms. The molecule has 0 aliphatic carbocycles. The zero-order chi connectivity index (χ0) is 14.6. The number of pyridine rings is 1. The van der Waals surface area contributed by atoms with Crippen molar-refractivity contribution in [2.45, 2.75) is 17.9 Å². The zero-order valence-corrected chi connectivity index (χ0v) is 12.9. The Morgan fingerprint density at radius 3 is 2.68 bits per heavy atom. The Morgan fingerprint density at radius 2 is 2.21 bits per heavy atom. The van der Waals surface area contributed by atoms with Crippen LogP contribution in [0, 0.1) is 0 Å². The molecule has 0 amide bonds. The molecule has 0 saturated heterocycles. The van der Waals surface area contributed by atoms with Crippen molar-refractivity contribution in [2.24, 2.45) is 0 Å². The molecule has 0 spiro atoms. The molecular formula is C11H18ClN3O3S. The molecule has 8 heteroatoms. The van der Waals surface area contributed by atoms with Gasteiger partial charge in [-0.15, -0.1) is 0 Å². The number of likely N-dealkylation sites (N-methyl/N-ethyl adjacent to an activating group) is 1. The number of halogens is 1. The molecule has 1 aromatic heterocycles. The molecule has 108 valence electrons. The lowest BCUT2D eigenvalue weighted by Gasteiger charge is -2.23. The number of anilines is 1. The first-order chi connectivity index (χ1) is 8.84. The highest BCUT2D eigenvalue weighted by Gasteiger charge is 2.26. The summed E-state index contributed by atoms with van der Waals surface area (Å²) in [5, 5.41) is 3.04. The number of methoxy groups -OCH3 is 1. The second-order valence-corrected chi connectivity index (χ2v) is 6.48. The molecule has 0 aliphatic rings. The molecule has 0 saturated carbocycles. The Hall–Kier alpha value is -0.890. The number of rotatable bonds is 6. The van der Waals surface area contributed by atoms with Crippen molar-refractivity contribution < 1.29 is 13.2 Å². The Labute approximate surface area is 118 Å². The van der Waals surface area contributed by atoms with Gasteiger partial charge in [0.25, 0.3) is 0 Å². The monoisotopic (exact) mass is 307 g/mol. The molecule has 1 unspecified atom stereocenters. The quantitative estimate of drug-likeness (QED) is 0.861. The van der Waals surface area contributed by atoms with Crippen molar-refractivity contribution in [3.63, 3.8) is 0 Å². The van der Waals surface area contributed by atoms with Gasteiger partial charge in [0.1, 0.15) is 10.7 Å². The summed E-state index contributed by atoms with van der Waals surface area (Å²) in [6.07, 6.45) is 1.28. The minimum Gasteiger partial charge on any atom is -0.383 e. The average Bonchev–Trinajstić information content (AvgIpc) is 2.37. The largest absolute Gasteiger partial charge is 0.383 e. The molecule has 1 heterocycles. The number of sulfonamides is 1. The summed E-state index contributed by atoms with van der Waals surface area (Å²) in [5.74, 6) is 0.438. The number of aromatic nitrogens is 1. The average molecular weight is 308 g/mol. The van der Waals surface area contributed by atoms with Gasteiger partial charge in [-0.3, -0.25) is 0 Å². The van der Waals surface area contributed by atoms with E-state index in [1.54, 1.807) is 14.0 Å². The van der Waals surface area contributed by atoms with E-state index >= 15 is 0 Å². The summed E-state index contributed by atoms with van der Waals surface area (Å²) in [5.41, 5.74) is 0. The highest BCUT2D eigenvalue weighted by atomic mass is 35.5. The summed E-state index contributed by atoms with van der Waals surface area (Å²) >= 11 is 5.95. The van der Waals surface area contributed by atoms with Gasteiger partial charge in [-0.1, -0.05) is 11.6 Å². The van der Waals surface area contributed by atoms with Crippen LogP contribution in [0.2, 0.25) is 5.02 Å². The fourth-order valence-electron chi connectivity index (χ4n) is 1.49. The van der Waals surface area contributed by atoms with Crippen LogP contribution in [0.25, 0.3) is 0 Å². The molecule has 6 nitrogen and oxygen atoms in total. The fraction of sp³-hybridized carbons (Fsp3) is 0.545. The van der Waals surface area contributed by atoms with Gasteiger partial charge in [0.05, 0.1) is 11.6 Å². The Kier molecular flexibility index (Phi) is 5.54. The summed E-state index contributed by atoms with van der Waals surface area (Å²) < 4.78 is 30.9. The van der Waals surface area contributed by atoms with E-state index in [-0.39, 0.29) is 16.0 Å². The minimum atomic E-state index is -3.63. The third kappa shape index (κ3) is 3.56. The van der Waals surface area contributed by atoms with Crippen LogP contribution < -0.4 is 5.32 Å². The number of hydrogen-bond acceptors (Lipinski definition) is 5. The maximum atomic E-state index is 12.4. The van der Waals surface area contributed by atoms with Crippen LogP contribution in [0.1, 0.15) is 6.92 Å². The Balaban J connectivity index is 3.10. The van der Waals surface area contributed by atoms with E-state index in [2.05, 4.69) is 10.3 Å². The van der Waals surface area contributed by atoms with E-state index < -0.39 is 10.0 Å². The van der Waals surface area contributed by atoms with Crippen molar-refractivity contribution >= 4 is 27.4 Å². The number of nitrogens with one attached hydrogen (secondary N) is 1. The maximum absolute atomic E-state index is 12.4. The van der Waals surface area contributed by atoms with E-state index in [1.807, 2.05) is 0 Å². The number of ether oxygens (including phenoxy) is 1. The van der Waals surface area contributed by atoms with Gasteiger partial charge in [0.15, 0.2) is 0 Å². The van der Waals surface area contributed by atoms with E-state index in [0.29, 0.717) is 12.4 Å². The number of hydrogen-bond donors (Lipinski definition) is 1. The van der Waals surface area contributed by atoms with Crippen molar-refractivity contribution in [1.29, 1.82) is 0 Å². The Morgan fingerprint density at radius 1 is 1.58 bits per heavy atom. The molecule has 1 atom stereocenters. The van der Waals surface area contributed by atoms with Crippen LogP contribution in [0.5, 0.6) is 0 Å². The number of nitrogens with zero attached hydrogens (tertiary/aromatic N) is 2. The van der Waals surface area contributed by atoms with Crippen molar-refractivity contribution in [1.82, 2.24) is 9.29 Å². The first-order valence-corrected chi connectivity index (χ1v) is 7.46.